The number of nitrogens with two attached hydrogens (primary N) is 2. The minimum absolute atomic E-state index is 0.148. The highest BCUT2D eigenvalue weighted by Gasteiger charge is 2.16. The molecule has 0 aliphatic heterocycles. The van der Waals surface area contributed by atoms with Crippen molar-refractivity contribution < 1.29 is 9.59 Å². The number of aromatic nitrogens is 18. The number of carbonyl (C=O) groups excluding carboxylic acids is 2. The minimum atomic E-state index is -0.380. The van der Waals surface area contributed by atoms with Crippen molar-refractivity contribution in [2.24, 2.45) is 67.8 Å². The number of amides is 2. The third kappa shape index (κ3) is 13.8. The van der Waals surface area contributed by atoms with E-state index in [0.717, 1.165) is 40.8 Å². The Balaban J connectivity index is 0.000000162. The maximum absolute atomic E-state index is 11.5. The zero-order valence-corrected chi connectivity index (χ0v) is 46.9. The highest BCUT2D eigenvalue weighted by molar-refractivity contribution is 5.76. The largest absolute Gasteiger partial charge is 0.369 e. The van der Waals surface area contributed by atoms with E-state index in [1.54, 1.807) is 40.6 Å². The second kappa shape index (κ2) is 26.5. The predicted octanol–water partition coefficient (Wildman–Crippen LogP) is -2.71. The number of primary amides is 2. The van der Waals surface area contributed by atoms with Crippen molar-refractivity contribution in [1.82, 2.24) is 96.2 Å². The number of aryl methyl sites for hydroxylation is 4. The molecule has 11 rings (SSSR count). The first-order chi connectivity index (χ1) is 40.0. The lowest BCUT2D eigenvalue weighted by Gasteiger charge is -2.22. The zero-order chi connectivity index (χ0) is 61.1. The molecule has 10 heterocycles. The molecule has 84 heavy (non-hydrogen) atoms. The first-order valence-corrected chi connectivity index (χ1v) is 25.2. The molecule has 11 aromatic rings. The van der Waals surface area contributed by atoms with Crippen LogP contribution in [-0.2, 0) is 92.1 Å². The molecule has 10 aromatic heterocycles. The van der Waals surface area contributed by atoms with E-state index in [1.807, 2.05) is 70.5 Å². The van der Waals surface area contributed by atoms with Crippen LogP contribution in [0.4, 0.5) is 0 Å². The van der Waals surface area contributed by atoms with Gasteiger partial charge in [0.05, 0.1) is 49.8 Å². The molecule has 0 bridgehead atoms. The van der Waals surface area contributed by atoms with Gasteiger partial charge in [0.25, 0.3) is 22.2 Å². The van der Waals surface area contributed by atoms with Gasteiger partial charge in [0.1, 0.15) is 22.1 Å². The van der Waals surface area contributed by atoms with Gasteiger partial charge in [0.2, 0.25) is 11.8 Å². The highest BCUT2D eigenvalue weighted by Crippen LogP contribution is 2.14. The smallest absolute Gasteiger partial charge is 0.332 e. The van der Waals surface area contributed by atoms with E-state index in [9.17, 15) is 47.9 Å². The third-order valence-corrected chi connectivity index (χ3v) is 12.9. The number of rotatable bonds is 12. The van der Waals surface area contributed by atoms with Crippen molar-refractivity contribution >= 4 is 56.5 Å². The molecule has 8 N–H and O–H groups in total. The van der Waals surface area contributed by atoms with Gasteiger partial charge in [-0.05, 0) is 35.4 Å². The summed E-state index contributed by atoms with van der Waals surface area (Å²) in [7, 11) is 12.0. The van der Waals surface area contributed by atoms with Crippen molar-refractivity contribution in [2.45, 2.75) is 26.2 Å². The summed E-state index contributed by atoms with van der Waals surface area (Å²) >= 11 is 0. The van der Waals surface area contributed by atoms with Crippen LogP contribution in [0.3, 0.4) is 0 Å². The number of imidazole rings is 4. The number of fused-ring (bicyclic) bond motifs is 4. The molecule has 0 aliphatic carbocycles. The summed E-state index contributed by atoms with van der Waals surface area (Å²) in [6.45, 7) is 2.49. The average molecular weight is 1150 g/mol. The maximum Gasteiger partial charge on any atom is 0.332 e. The van der Waals surface area contributed by atoms with Crippen LogP contribution < -0.4 is 56.5 Å². The monoisotopic (exact) mass is 1150 g/mol. The third-order valence-electron chi connectivity index (χ3n) is 12.9. The van der Waals surface area contributed by atoms with E-state index < -0.39 is 0 Å². The van der Waals surface area contributed by atoms with E-state index in [2.05, 4.69) is 49.8 Å². The van der Waals surface area contributed by atoms with E-state index >= 15 is 0 Å². The van der Waals surface area contributed by atoms with Crippen molar-refractivity contribution in [3.05, 3.63) is 204 Å². The fourth-order valence-electron chi connectivity index (χ4n) is 8.56. The topological polar surface area (TPSA) is 409 Å². The number of H-pyrrole nitrogens is 4. The van der Waals surface area contributed by atoms with Gasteiger partial charge in [-0.1, -0.05) is 36.4 Å². The lowest BCUT2D eigenvalue weighted by atomic mass is 10.1. The van der Waals surface area contributed by atoms with Crippen LogP contribution in [0.5, 0.6) is 0 Å². The Morgan fingerprint density at radius 1 is 0.381 bits per heavy atom. The van der Waals surface area contributed by atoms with Crippen molar-refractivity contribution in [2.75, 3.05) is 13.1 Å². The summed E-state index contributed by atoms with van der Waals surface area (Å²) in [4.78, 5) is 153. The average Bonchev–Trinajstić information content (AvgIpc) is 3.87. The Kier molecular flexibility index (Phi) is 19.1. The fourth-order valence-corrected chi connectivity index (χ4v) is 8.56. The summed E-state index contributed by atoms with van der Waals surface area (Å²) in [6, 6.07) is 19.5. The Morgan fingerprint density at radius 2 is 0.643 bits per heavy atom. The zero-order valence-electron chi connectivity index (χ0n) is 46.9. The highest BCUT2D eigenvalue weighted by atomic mass is 16.2. The molecule has 0 fully saturated rings. The van der Waals surface area contributed by atoms with Gasteiger partial charge in [0, 0.05) is 95.0 Å². The molecule has 0 aliphatic rings. The molecule has 0 atom stereocenters. The van der Waals surface area contributed by atoms with E-state index in [1.165, 1.54) is 71.8 Å². The van der Waals surface area contributed by atoms with Crippen LogP contribution in [0.1, 0.15) is 22.5 Å². The standard InChI is InChI=1S/C24H28N6O2.4C7H8N4O2/c25-23(31)17-29(15-21-5-1-3-11-27-21)13-19-7-9-20(10-8-19)14-30(18-24(26)32)16-22-6-2-4-12-28-22;4*1-10-5-4(8-3-9-5)6(12)11(2)7(10)13/h1-12H,13-18H2,(H2,25,31)(H2,26,32);4*3H,1-2H3,(H,8,9). The Labute approximate surface area is 472 Å². The first-order valence-electron chi connectivity index (χ1n) is 25.2. The normalized spacial score (nSPS) is 11.0. The second-order valence-electron chi connectivity index (χ2n) is 18.9. The number of benzene rings is 1. The van der Waals surface area contributed by atoms with Gasteiger partial charge in [0.15, 0.2) is 22.6 Å². The molecule has 32 heteroatoms. The number of pyridine rings is 2. The number of nitrogens with one attached hydrogen (secondary N) is 4. The van der Waals surface area contributed by atoms with Gasteiger partial charge >= 0.3 is 22.8 Å². The Bertz CT molecular complexity index is 4140. The van der Waals surface area contributed by atoms with Gasteiger partial charge in [-0.15, -0.1) is 0 Å². The van der Waals surface area contributed by atoms with Crippen LogP contribution in [-0.4, -0.2) is 121 Å². The fraction of sp³-hybridized carbons (Fsp3) is 0.269. The lowest BCUT2D eigenvalue weighted by molar-refractivity contribution is -0.120. The molecule has 0 unspecified atom stereocenters. The number of hydrogen-bond acceptors (Lipinski definition) is 18. The van der Waals surface area contributed by atoms with E-state index in [4.69, 9.17) is 11.5 Å². The van der Waals surface area contributed by atoms with Gasteiger partial charge < -0.3 is 31.4 Å². The van der Waals surface area contributed by atoms with Gasteiger partial charge in [-0.2, -0.15) is 0 Å². The number of hydrogen-bond donors (Lipinski definition) is 6. The molecule has 32 nitrogen and oxygen atoms in total. The van der Waals surface area contributed by atoms with Crippen LogP contribution >= 0.6 is 0 Å². The maximum atomic E-state index is 11.5. The van der Waals surface area contributed by atoms with Gasteiger partial charge in [-0.3, -0.25) is 85.1 Å². The molecular weight excluding hydrogens is 1090 g/mol. The Hall–Kier alpha value is -11.0. The van der Waals surface area contributed by atoms with Crippen molar-refractivity contribution in [3.8, 4) is 0 Å². The van der Waals surface area contributed by atoms with E-state index in [-0.39, 0.29) is 69.9 Å². The SMILES string of the molecule is Cn1c(=O)c2[nH]cnc2n(C)c1=O.Cn1c(=O)c2[nH]cnc2n(C)c1=O.Cn1c(=O)c2[nH]cnc2n(C)c1=O.Cn1c(=O)c2[nH]cnc2n(C)c1=O.NC(=O)CN(Cc1ccc(CN(CC(N)=O)Cc2ccccn2)cc1)Cc1ccccn1. The summed E-state index contributed by atoms with van der Waals surface area (Å²) in [6.07, 6.45) is 9.04. The summed E-state index contributed by atoms with van der Waals surface area (Å²) in [5.74, 6) is -0.761. The summed E-state index contributed by atoms with van der Waals surface area (Å²) < 4.78 is 9.48. The predicted molar refractivity (Wildman–Crippen MR) is 308 cm³/mol. The van der Waals surface area contributed by atoms with Crippen molar-refractivity contribution in [3.63, 3.8) is 0 Å². The molecule has 2 amide bonds. The minimum Gasteiger partial charge on any atom is -0.369 e. The number of nitrogens with zero attached hydrogens (tertiary/aromatic N) is 16. The molecule has 0 radical (unpaired) electrons. The Morgan fingerprint density at radius 3 is 0.869 bits per heavy atom. The first kappa shape index (κ1) is 60.6. The molecule has 1 aromatic carbocycles. The molecule has 0 spiro atoms. The molecule has 0 saturated carbocycles. The van der Waals surface area contributed by atoms with Crippen LogP contribution in [0, 0.1) is 0 Å². The molecular formula is C52H60N22O10. The van der Waals surface area contributed by atoms with Crippen molar-refractivity contribution in [1.29, 1.82) is 0 Å². The van der Waals surface area contributed by atoms with Crippen LogP contribution in [0.25, 0.3) is 44.7 Å². The quantitative estimate of drug-likeness (QED) is 0.0724. The number of aromatic amines is 4. The molecule has 438 valence electrons. The van der Waals surface area contributed by atoms with E-state index in [0.29, 0.717) is 70.8 Å². The molecule has 0 saturated heterocycles. The summed E-state index contributed by atoms with van der Waals surface area (Å²) in [5, 5.41) is 0. The summed E-state index contributed by atoms with van der Waals surface area (Å²) in [5.41, 5.74) is 14.8. The second-order valence-corrected chi connectivity index (χ2v) is 18.9. The number of carbonyl (C=O) groups is 2. The van der Waals surface area contributed by atoms with Crippen LogP contribution in [0.15, 0.2) is 137 Å². The van der Waals surface area contributed by atoms with Crippen LogP contribution in [0.2, 0.25) is 0 Å². The van der Waals surface area contributed by atoms with Gasteiger partial charge in [-0.25, -0.2) is 39.1 Å². The lowest BCUT2D eigenvalue weighted by Crippen LogP contribution is -2.36.